The lowest BCUT2D eigenvalue weighted by Gasteiger charge is -2.21. The van der Waals surface area contributed by atoms with Gasteiger partial charge < -0.3 is 10.6 Å². The first-order valence-corrected chi connectivity index (χ1v) is 8.86. The molecule has 1 fully saturated rings. The average Bonchev–Trinajstić information content (AvgIpc) is 3.18. The Kier molecular flexibility index (Phi) is 7.89. The number of aliphatic imine (C=N–C) groups is 1. The molecule has 0 bridgehead atoms. The molecule has 0 aliphatic carbocycles. The molecule has 1 saturated heterocycles. The zero-order valence-corrected chi connectivity index (χ0v) is 18.1. The van der Waals surface area contributed by atoms with Crippen molar-refractivity contribution in [1.29, 1.82) is 0 Å². The largest absolute Gasteiger partial charge is 0.352 e. The summed E-state index contributed by atoms with van der Waals surface area (Å²) in [6.45, 7) is 5.06. The van der Waals surface area contributed by atoms with Gasteiger partial charge in [-0.3, -0.25) is 14.6 Å². The summed E-state index contributed by atoms with van der Waals surface area (Å²) in [5.41, 5.74) is 2.52. The maximum absolute atomic E-state index is 4.36. The van der Waals surface area contributed by atoms with E-state index in [0.717, 1.165) is 37.6 Å². The lowest BCUT2D eigenvalue weighted by Crippen LogP contribution is -2.44. The molecule has 0 amide bonds. The van der Waals surface area contributed by atoms with E-state index in [2.05, 4.69) is 62.9 Å². The highest BCUT2D eigenvalue weighted by molar-refractivity contribution is 14.0. The second-order valence-electron chi connectivity index (χ2n) is 6.79. The maximum Gasteiger partial charge on any atom is 0.191 e. The van der Waals surface area contributed by atoms with Crippen molar-refractivity contribution < 1.29 is 0 Å². The Morgan fingerprint density at radius 3 is 2.69 bits per heavy atom. The average molecular weight is 468 g/mol. The van der Waals surface area contributed by atoms with Crippen LogP contribution in [-0.2, 0) is 20.1 Å². The van der Waals surface area contributed by atoms with E-state index in [1.54, 1.807) is 0 Å². The Balaban J connectivity index is 0.00000243. The van der Waals surface area contributed by atoms with Crippen molar-refractivity contribution in [2.75, 3.05) is 13.6 Å². The third-order valence-corrected chi connectivity index (χ3v) is 4.72. The summed E-state index contributed by atoms with van der Waals surface area (Å²) in [7, 11) is 3.75. The number of nitrogens with zero attached hydrogens (tertiary/aromatic N) is 4. The first kappa shape index (κ1) is 20.7. The summed E-state index contributed by atoms with van der Waals surface area (Å²) in [4.78, 5) is 6.89. The molecule has 142 valence electrons. The van der Waals surface area contributed by atoms with Crippen LogP contribution in [0.4, 0.5) is 0 Å². The van der Waals surface area contributed by atoms with Crippen molar-refractivity contribution >= 4 is 29.9 Å². The molecule has 0 radical (unpaired) electrons. The zero-order valence-electron chi connectivity index (χ0n) is 15.7. The number of rotatable bonds is 5. The van der Waals surface area contributed by atoms with Crippen LogP contribution in [0, 0.1) is 0 Å². The van der Waals surface area contributed by atoms with Gasteiger partial charge in [-0.15, -0.1) is 24.0 Å². The van der Waals surface area contributed by atoms with Crippen LogP contribution in [0.2, 0.25) is 0 Å². The first-order valence-electron chi connectivity index (χ1n) is 8.86. The molecule has 1 aliphatic rings. The minimum absolute atomic E-state index is 0. The van der Waals surface area contributed by atoms with E-state index in [1.807, 2.05) is 31.2 Å². The van der Waals surface area contributed by atoms with Gasteiger partial charge in [0.05, 0.1) is 6.20 Å². The Labute approximate surface area is 173 Å². The number of benzene rings is 1. The lowest BCUT2D eigenvalue weighted by atomic mass is 10.2. The minimum Gasteiger partial charge on any atom is -0.352 e. The van der Waals surface area contributed by atoms with E-state index in [4.69, 9.17) is 0 Å². The summed E-state index contributed by atoms with van der Waals surface area (Å²) in [6, 6.07) is 11.7. The molecule has 0 spiro atoms. The van der Waals surface area contributed by atoms with Crippen LogP contribution in [0.25, 0.3) is 0 Å². The lowest BCUT2D eigenvalue weighted by molar-refractivity contribution is 0.258. The van der Waals surface area contributed by atoms with Gasteiger partial charge in [0, 0.05) is 57.6 Å². The van der Waals surface area contributed by atoms with Crippen LogP contribution >= 0.6 is 24.0 Å². The molecule has 6 nitrogen and oxygen atoms in total. The zero-order chi connectivity index (χ0) is 17.6. The molecule has 2 unspecified atom stereocenters. The van der Waals surface area contributed by atoms with Gasteiger partial charge in [-0.2, -0.15) is 5.10 Å². The number of nitrogens with one attached hydrogen (secondary N) is 2. The van der Waals surface area contributed by atoms with Crippen molar-refractivity contribution in [3.63, 3.8) is 0 Å². The molecule has 1 aromatic heterocycles. The predicted octanol–water partition coefficient (Wildman–Crippen LogP) is 2.37. The topological polar surface area (TPSA) is 57.5 Å². The van der Waals surface area contributed by atoms with Gasteiger partial charge in [0.1, 0.15) is 0 Å². The van der Waals surface area contributed by atoms with Crippen LogP contribution in [0.3, 0.4) is 0 Å². The highest BCUT2D eigenvalue weighted by Crippen LogP contribution is 2.20. The number of hydrogen-bond donors (Lipinski definition) is 2. The highest BCUT2D eigenvalue weighted by atomic mass is 127. The van der Waals surface area contributed by atoms with Crippen LogP contribution < -0.4 is 10.6 Å². The Morgan fingerprint density at radius 1 is 1.27 bits per heavy atom. The van der Waals surface area contributed by atoms with Gasteiger partial charge in [-0.25, -0.2) is 0 Å². The predicted molar refractivity (Wildman–Crippen MR) is 117 cm³/mol. The van der Waals surface area contributed by atoms with Crippen molar-refractivity contribution in [2.24, 2.45) is 12.0 Å². The SMILES string of the molecule is CN=C(NCc1cnn(C)c1)NC1CC(C)N(Cc2ccccc2)C1.I. The number of hydrogen-bond acceptors (Lipinski definition) is 3. The summed E-state index contributed by atoms with van der Waals surface area (Å²) in [5, 5.41) is 11.1. The number of aryl methyl sites for hydroxylation is 1. The molecule has 2 aromatic rings. The van der Waals surface area contributed by atoms with E-state index in [0.29, 0.717) is 12.1 Å². The van der Waals surface area contributed by atoms with Crippen LogP contribution in [0.1, 0.15) is 24.5 Å². The van der Waals surface area contributed by atoms with E-state index < -0.39 is 0 Å². The van der Waals surface area contributed by atoms with Crippen molar-refractivity contribution in [3.8, 4) is 0 Å². The fourth-order valence-corrected chi connectivity index (χ4v) is 3.38. The number of guanidine groups is 1. The smallest absolute Gasteiger partial charge is 0.191 e. The number of aromatic nitrogens is 2. The van der Waals surface area contributed by atoms with Gasteiger partial charge in [0.2, 0.25) is 0 Å². The van der Waals surface area contributed by atoms with Gasteiger partial charge in [-0.05, 0) is 18.9 Å². The van der Waals surface area contributed by atoms with Gasteiger partial charge >= 0.3 is 0 Å². The minimum atomic E-state index is 0. The van der Waals surface area contributed by atoms with E-state index in [1.165, 1.54) is 5.56 Å². The van der Waals surface area contributed by atoms with E-state index in [9.17, 15) is 0 Å². The first-order chi connectivity index (χ1) is 12.1. The second kappa shape index (κ2) is 9.91. The quantitative estimate of drug-likeness (QED) is 0.402. The summed E-state index contributed by atoms with van der Waals surface area (Å²) >= 11 is 0. The molecule has 0 saturated carbocycles. The fourth-order valence-electron chi connectivity index (χ4n) is 3.38. The van der Waals surface area contributed by atoms with Crippen LogP contribution in [0.15, 0.2) is 47.7 Å². The third-order valence-electron chi connectivity index (χ3n) is 4.72. The molecule has 2 N–H and O–H groups in total. The van der Waals surface area contributed by atoms with Crippen molar-refractivity contribution in [2.45, 2.75) is 38.5 Å². The normalized spacial score (nSPS) is 20.7. The van der Waals surface area contributed by atoms with Crippen molar-refractivity contribution in [3.05, 3.63) is 53.9 Å². The van der Waals surface area contributed by atoms with Crippen LogP contribution in [0.5, 0.6) is 0 Å². The third kappa shape index (κ3) is 5.70. The summed E-state index contributed by atoms with van der Waals surface area (Å²) in [5.74, 6) is 0.850. The molecule has 1 aromatic carbocycles. The van der Waals surface area contributed by atoms with Gasteiger partial charge in [0.25, 0.3) is 0 Å². The second-order valence-corrected chi connectivity index (χ2v) is 6.79. The molecular formula is C19H29IN6. The Morgan fingerprint density at radius 2 is 2.04 bits per heavy atom. The van der Waals surface area contributed by atoms with Crippen LogP contribution in [-0.4, -0.2) is 46.3 Å². The summed E-state index contributed by atoms with van der Waals surface area (Å²) in [6.07, 6.45) is 5.01. The highest BCUT2D eigenvalue weighted by Gasteiger charge is 2.29. The monoisotopic (exact) mass is 468 g/mol. The molecule has 1 aliphatic heterocycles. The molecule has 26 heavy (non-hydrogen) atoms. The standard InChI is InChI=1S/C19H28N6.HI/c1-15-9-18(14-25(15)13-16-7-5-4-6-8-16)23-19(20-2)21-10-17-11-22-24(3)12-17;/h4-8,11-12,15,18H,9-10,13-14H2,1-3H3,(H2,20,21,23);1H. The molecule has 7 heteroatoms. The van der Waals surface area contributed by atoms with Gasteiger partial charge in [0.15, 0.2) is 5.96 Å². The molecule has 2 heterocycles. The number of halogens is 1. The maximum atomic E-state index is 4.36. The molecular weight excluding hydrogens is 439 g/mol. The molecule has 3 rings (SSSR count). The van der Waals surface area contributed by atoms with Gasteiger partial charge in [-0.1, -0.05) is 30.3 Å². The fraction of sp³-hybridized carbons (Fsp3) is 0.474. The Hall–Kier alpha value is -1.61. The summed E-state index contributed by atoms with van der Waals surface area (Å²) < 4.78 is 1.81. The molecule has 2 atom stereocenters. The van der Waals surface area contributed by atoms with E-state index >= 15 is 0 Å². The van der Waals surface area contributed by atoms with Crippen molar-refractivity contribution in [1.82, 2.24) is 25.3 Å². The Bertz CT molecular complexity index is 699. The van der Waals surface area contributed by atoms with E-state index in [-0.39, 0.29) is 24.0 Å². The number of likely N-dealkylation sites (tertiary alicyclic amines) is 1.